The zero-order chi connectivity index (χ0) is 15.0. The first kappa shape index (κ1) is 16.6. The maximum Gasteiger partial charge on any atom is 0.667 e. The van der Waals surface area contributed by atoms with Crippen molar-refractivity contribution in [2.75, 3.05) is 19.7 Å². The lowest BCUT2D eigenvalue weighted by Gasteiger charge is -2.15. The van der Waals surface area contributed by atoms with Crippen LogP contribution in [0.3, 0.4) is 0 Å². The number of para-hydroxylation sites is 1. The van der Waals surface area contributed by atoms with Gasteiger partial charge in [0, 0.05) is 11.1 Å². The Bertz CT molecular complexity index is 441. The second-order valence-corrected chi connectivity index (χ2v) is 5.19. The summed E-state index contributed by atoms with van der Waals surface area (Å²) in [4.78, 5) is 11.7. The number of benzene rings is 1. The molecule has 0 bridgehead atoms. The van der Waals surface area contributed by atoms with Crippen LogP contribution in [0.25, 0.3) is 0 Å². The number of esters is 1. The molecule has 0 aliphatic carbocycles. The van der Waals surface area contributed by atoms with Crippen molar-refractivity contribution in [1.82, 2.24) is 4.67 Å². The van der Waals surface area contributed by atoms with E-state index in [-0.39, 0.29) is 19.7 Å². The van der Waals surface area contributed by atoms with Crippen LogP contribution in [0.1, 0.15) is 13.8 Å². The normalized spacial score (nSPS) is 12.9. The topological polar surface area (TPSA) is 81.9 Å². The van der Waals surface area contributed by atoms with Gasteiger partial charge >= 0.3 is 14.1 Å². The van der Waals surface area contributed by atoms with E-state index < -0.39 is 20.2 Å². The van der Waals surface area contributed by atoms with Gasteiger partial charge in [0.2, 0.25) is 0 Å². The fraction of sp³-hybridized carbons (Fsp3) is 0.462. The van der Waals surface area contributed by atoms with Gasteiger partial charge in [-0.3, -0.25) is 4.79 Å². The Hall–Kier alpha value is -1.49. The van der Waals surface area contributed by atoms with E-state index in [1.807, 2.05) is 6.07 Å². The van der Waals surface area contributed by atoms with Crippen LogP contribution in [0.4, 0.5) is 0 Å². The third-order valence-corrected chi connectivity index (χ3v) is 3.90. The van der Waals surface area contributed by atoms with E-state index in [1.54, 1.807) is 38.1 Å². The van der Waals surface area contributed by atoms with Gasteiger partial charge in [0.1, 0.15) is 0 Å². The summed E-state index contributed by atoms with van der Waals surface area (Å²) in [6.45, 7) is 4.16. The van der Waals surface area contributed by atoms with Crippen molar-refractivity contribution in [3.8, 4) is 5.75 Å². The molecule has 0 saturated carbocycles. The quantitative estimate of drug-likeness (QED) is 0.583. The molecule has 0 heterocycles. The number of nitrogens with zero attached hydrogens (tertiary/aromatic N) is 1. The Labute approximate surface area is 119 Å². The van der Waals surface area contributed by atoms with Crippen LogP contribution in [0, 0.1) is 0 Å². The molecule has 2 unspecified atom stereocenters. The summed E-state index contributed by atoms with van der Waals surface area (Å²) < 4.78 is 23.9. The van der Waals surface area contributed by atoms with Crippen molar-refractivity contribution >= 4 is 14.1 Å². The Morgan fingerprint density at radius 3 is 2.60 bits per heavy atom. The average molecular weight is 299 g/mol. The molecule has 2 atom stereocenters. The van der Waals surface area contributed by atoms with E-state index in [9.17, 15) is 9.36 Å². The van der Waals surface area contributed by atoms with Gasteiger partial charge in [-0.25, -0.2) is 4.52 Å². The fourth-order valence-corrected chi connectivity index (χ4v) is 2.62. The molecule has 0 radical (unpaired) electrons. The zero-order valence-electron chi connectivity index (χ0n) is 11.7. The van der Waals surface area contributed by atoms with Crippen LogP contribution in [-0.2, 0) is 14.1 Å². The molecule has 0 fully saturated rings. The molecule has 0 aromatic heterocycles. The first-order valence-electron chi connectivity index (χ1n) is 6.43. The lowest BCUT2D eigenvalue weighted by atomic mass is 10.3. The van der Waals surface area contributed by atoms with E-state index in [2.05, 4.69) is 0 Å². The van der Waals surface area contributed by atoms with Gasteiger partial charge in [-0.05, 0) is 30.7 Å². The summed E-state index contributed by atoms with van der Waals surface area (Å²) in [5, 5.41) is 0. The Balaban J connectivity index is 2.74. The SMILES string of the molecule is CCOC(=O)C(C)N(CCN)[P+](=O)Oc1ccccc1. The van der Waals surface area contributed by atoms with Crippen molar-refractivity contribution in [3.05, 3.63) is 30.3 Å². The lowest BCUT2D eigenvalue weighted by Crippen LogP contribution is -2.38. The zero-order valence-corrected chi connectivity index (χ0v) is 12.6. The Morgan fingerprint density at radius 1 is 1.40 bits per heavy atom. The molecule has 0 spiro atoms. The molecular weight excluding hydrogens is 279 g/mol. The molecule has 1 aromatic carbocycles. The highest BCUT2D eigenvalue weighted by atomic mass is 31.1. The number of rotatable bonds is 8. The van der Waals surface area contributed by atoms with Gasteiger partial charge in [0.05, 0.1) is 13.2 Å². The molecule has 110 valence electrons. The van der Waals surface area contributed by atoms with E-state index >= 15 is 0 Å². The number of carbonyl (C=O) groups is 1. The molecular formula is C13H20N2O4P+. The lowest BCUT2D eigenvalue weighted by molar-refractivity contribution is -0.147. The average Bonchev–Trinajstić information content (AvgIpc) is 2.45. The first-order valence-corrected chi connectivity index (χ1v) is 7.56. The number of hydrogen-bond donors (Lipinski definition) is 1. The maximum absolute atomic E-state index is 12.2. The Morgan fingerprint density at radius 2 is 2.05 bits per heavy atom. The minimum absolute atomic E-state index is 0.267. The van der Waals surface area contributed by atoms with Crippen LogP contribution >= 0.6 is 8.18 Å². The van der Waals surface area contributed by atoms with Crippen molar-refractivity contribution in [3.63, 3.8) is 0 Å². The number of carbonyl (C=O) groups excluding carboxylic acids is 1. The van der Waals surface area contributed by atoms with Crippen LogP contribution in [0.5, 0.6) is 5.75 Å². The van der Waals surface area contributed by atoms with Crippen LogP contribution < -0.4 is 10.3 Å². The second kappa shape index (κ2) is 8.64. The van der Waals surface area contributed by atoms with Gasteiger partial charge in [0.25, 0.3) is 0 Å². The maximum atomic E-state index is 12.2. The van der Waals surface area contributed by atoms with Crippen molar-refractivity contribution in [2.45, 2.75) is 19.9 Å². The summed E-state index contributed by atoms with van der Waals surface area (Å²) in [6.07, 6.45) is 0. The van der Waals surface area contributed by atoms with Gasteiger partial charge in [0.15, 0.2) is 11.8 Å². The number of nitrogens with two attached hydrogens (primary N) is 1. The van der Waals surface area contributed by atoms with Crippen molar-refractivity contribution in [1.29, 1.82) is 0 Å². The summed E-state index contributed by atoms with van der Waals surface area (Å²) >= 11 is 0. The van der Waals surface area contributed by atoms with E-state index in [0.29, 0.717) is 5.75 Å². The highest BCUT2D eigenvalue weighted by Crippen LogP contribution is 2.32. The second-order valence-electron chi connectivity index (χ2n) is 4.02. The molecule has 7 heteroatoms. The smallest absolute Gasteiger partial charge is 0.465 e. The first-order chi connectivity index (χ1) is 9.60. The summed E-state index contributed by atoms with van der Waals surface area (Å²) in [5.74, 6) is 0.0349. The molecule has 0 saturated heterocycles. The van der Waals surface area contributed by atoms with Crippen molar-refractivity contribution in [2.24, 2.45) is 5.73 Å². The van der Waals surface area contributed by atoms with Gasteiger partial charge in [-0.1, -0.05) is 18.2 Å². The highest BCUT2D eigenvalue weighted by Gasteiger charge is 2.39. The summed E-state index contributed by atoms with van der Waals surface area (Å²) in [6, 6.07) is 8.11. The molecule has 0 aliphatic rings. The minimum atomic E-state index is -2.21. The minimum Gasteiger partial charge on any atom is -0.465 e. The third-order valence-electron chi connectivity index (χ3n) is 2.57. The largest absolute Gasteiger partial charge is 0.667 e. The number of ether oxygens (including phenoxy) is 1. The number of hydrogen-bond acceptors (Lipinski definition) is 5. The standard InChI is InChI=1S/C13H20N2O4P/c1-3-18-13(16)11(2)15(10-9-14)20(17)19-12-7-5-4-6-8-12/h4-8,11H,3,9-10,14H2,1-2H3/q+1. The monoisotopic (exact) mass is 299 g/mol. The molecule has 20 heavy (non-hydrogen) atoms. The van der Waals surface area contributed by atoms with Gasteiger partial charge < -0.3 is 10.5 Å². The predicted octanol–water partition coefficient (Wildman–Crippen LogP) is 1.94. The van der Waals surface area contributed by atoms with Gasteiger partial charge in [-0.2, -0.15) is 0 Å². The van der Waals surface area contributed by atoms with Crippen LogP contribution in [0.15, 0.2) is 30.3 Å². The summed E-state index contributed by atoms with van der Waals surface area (Å²) in [7, 11) is -2.21. The molecule has 1 rings (SSSR count). The Kier molecular flexibility index (Phi) is 7.15. The highest BCUT2D eigenvalue weighted by molar-refractivity contribution is 7.36. The van der Waals surface area contributed by atoms with E-state index in [4.69, 9.17) is 15.0 Å². The van der Waals surface area contributed by atoms with E-state index in [1.165, 1.54) is 4.67 Å². The molecule has 0 amide bonds. The molecule has 6 nitrogen and oxygen atoms in total. The van der Waals surface area contributed by atoms with E-state index in [0.717, 1.165) is 0 Å². The molecule has 2 N–H and O–H groups in total. The fourth-order valence-electron chi connectivity index (χ4n) is 1.56. The summed E-state index contributed by atoms with van der Waals surface area (Å²) in [5.41, 5.74) is 5.49. The van der Waals surface area contributed by atoms with Crippen LogP contribution in [0.2, 0.25) is 0 Å². The predicted molar refractivity (Wildman–Crippen MR) is 76.5 cm³/mol. The molecule has 1 aromatic rings. The van der Waals surface area contributed by atoms with Gasteiger partial charge in [-0.15, -0.1) is 0 Å². The third kappa shape index (κ3) is 4.89. The molecule has 0 aliphatic heterocycles. The van der Waals surface area contributed by atoms with Crippen LogP contribution in [-0.4, -0.2) is 36.4 Å². The van der Waals surface area contributed by atoms with Crippen molar-refractivity contribution < 1.29 is 18.6 Å².